The molecule has 0 spiro atoms. The molecule has 5 nitrogen and oxygen atoms in total. The lowest BCUT2D eigenvalue weighted by Gasteiger charge is -2.38. The molecule has 1 N–H and O–H groups in total. The Bertz CT molecular complexity index is 347. The normalized spacial score (nSPS) is 22.4. The van der Waals surface area contributed by atoms with Gasteiger partial charge in [0.25, 0.3) is 0 Å². The summed E-state index contributed by atoms with van der Waals surface area (Å²) in [7, 11) is 0. The summed E-state index contributed by atoms with van der Waals surface area (Å²) in [5.41, 5.74) is -0.392. The molecule has 116 valence electrons. The highest BCUT2D eigenvalue weighted by atomic mass is 16.5. The van der Waals surface area contributed by atoms with E-state index in [1.54, 1.807) is 11.8 Å². The zero-order valence-corrected chi connectivity index (χ0v) is 13.4. The van der Waals surface area contributed by atoms with Gasteiger partial charge in [0.2, 0.25) is 5.91 Å². The maximum Gasteiger partial charge on any atom is 0.325 e. The lowest BCUT2D eigenvalue weighted by atomic mass is 9.75. The number of hydrogen-bond acceptors (Lipinski definition) is 4. The van der Waals surface area contributed by atoms with Crippen LogP contribution >= 0.6 is 0 Å². The topological polar surface area (TPSA) is 58.6 Å². The van der Waals surface area contributed by atoms with Gasteiger partial charge in [0, 0.05) is 12.6 Å². The van der Waals surface area contributed by atoms with E-state index in [2.05, 4.69) is 19.2 Å². The molecular weight excluding hydrogens is 256 g/mol. The molecule has 1 saturated heterocycles. The largest absolute Gasteiger partial charge is 0.465 e. The Morgan fingerprint density at radius 2 is 1.95 bits per heavy atom. The Balaban J connectivity index is 2.90. The van der Waals surface area contributed by atoms with Crippen molar-refractivity contribution in [2.24, 2.45) is 11.3 Å². The minimum atomic E-state index is -0.392. The van der Waals surface area contributed by atoms with Gasteiger partial charge in [-0.05, 0) is 39.7 Å². The van der Waals surface area contributed by atoms with Crippen LogP contribution in [0.15, 0.2) is 0 Å². The van der Waals surface area contributed by atoms with Crippen molar-refractivity contribution in [1.82, 2.24) is 10.2 Å². The van der Waals surface area contributed by atoms with Crippen LogP contribution in [-0.4, -0.2) is 49.1 Å². The smallest absolute Gasteiger partial charge is 0.325 e. The Hall–Kier alpha value is -1.10. The molecule has 1 aliphatic heterocycles. The zero-order chi connectivity index (χ0) is 15.3. The maximum atomic E-state index is 13.0. The fourth-order valence-electron chi connectivity index (χ4n) is 2.75. The SMILES string of the molecule is CCOC(=O)CN(C(=O)C1(C(C)C)CCNC1)C(C)C. The number of nitrogens with one attached hydrogen (secondary N) is 1. The molecule has 0 aromatic carbocycles. The maximum absolute atomic E-state index is 13.0. The van der Waals surface area contributed by atoms with Gasteiger partial charge < -0.3 is 15.0 Å². The molecule has 0 radical (unpaired) electrons. The van der Waals surface area contributed by atoms with Crippen molar-refractivity contribution in [2.45, 2.75) is 47.1 Å². The van der Waals surface area contributed by atoms with Crippen molar-refractivity contribution < 1.29 is 14.3 Å². The summed E-state index contributed by atoms with van der Waals surface area (Å²) in [5, 5.41) is 3.28. The van der Waals surface area contributed by atoms with Crippen LogP contribution < -0.4 is 5.32 Å². The molecular formula is C15H28N2O3. The molecule has 1 unspecified atom stereocenters. The van der Waals surface area contributed by atoms with Crippen LogP contribution in [-0.2, 0) is 14.3 Å². The van der Waals surface area contributed by atoms with E-state index in [1.165, 1.54) is 0 Å². The van der Waals surface area contributed by atoms with Gasteiger partial charge in [0.1, 0.15) is 6.54 Å². The van der Waals surface area contributed by atoms with E-state index in [0.717, 1.165) is 13.0 Å². The molecule has 0 aliphatic carbocycles. The van der Waals surface area contributed by atoms with Crippen molar-refractivity contribution >= 4 is 11.9 Å². The van der Waals surface area contributed by atoms with Crippen LogP contribution in [0, 0.1) is 11.3 Å². The van der Waals surface area contributed by atoms with E-state index >= 15 is 0 Å². The van der Waals surface area contributed by atoms with Crippen molar-refractivity contribution in [1.29, 1.82) is 0 Å². The van der Waals surface area contributed by atoms with Crippen LogP contribution in [0.3, 0.4) is 0 Å². The number of nitrogens with zero attached hydrogens (tertiary/aromatic N) is 1. The lowest BCUT2D eigenvalue weighted by molar-refractivity contribution is -0.155. The van der Waals surface area contributed by atoms with E-state index in [0.29, 0.717) is 13.2 Å². The van der Waals surface area contributed by atoms with Gasteiger partial charge in [0.15, 0.2) is 0 Å². The molecule has 20 heavy (non-hydrogen) atoms. The highest BCUT2D eigenvalue weighted by Crippen LogP contribution is 2.36. The molecule has 5 heteroatoms. The van der Waals surface area contributed by atoms with Crippen LogP contribution in [0.4, 0.5) is 0 Å². The first-order chi connectivity index (χ1) is 9.35. The lowest BCUT2D eigenvalue weighted by Crippen LogP contribution is -2.52. The van der Waals surface area contributed by atoms with Crippen molar-refractivity contribution in [3.63, 3.8) is 0 Å². The molecule has 1 amide bonds. The summed E-state index contributed by atoms with van der Waals surface area (Å²) in [6.45, 7) is 11.7. The quantitative estimate of drug-likeness (QED) is 0.750. The molecule has 1 atom stereocenters. The second-order valence-electron chi connectivity index (χ2n) is 6.07. The Morgan fingerprint density at radius 1 is 1.30 bits per heavy atom. The molecule has 0 aromatic heterocycles. The molecule has 0 saturated carbocycles. The number of carbonyl (C=O) groups excluding carboxylic acids is 2. The van der Waals surface area contributed by atoms with Gasteiger partial charge in [-0.1, -0.05) is 13.8 Å². The Morgan fingerprint density at radius 3 is 2.35 bits per heavy atom. The molecule has 1 heterocycles. The highest BCUT2D eigenvalue weighted by molar-refractivity contribution is 5.87. The minimum Gasteiger partial charge on any atom is -0.465 e. The van der Waals surface area contributed by atoms with Crippen LogP contribution in [0.25, 0.3) is 0 Å². The summed E-state index contributed by atoms with van der Waals surface area (Å²) in [4.78, 5) is 26.3. The summed E-state index contributed by atoms with van der Waals surface area (Å²) < 4.78 is 4.98. The van der Waals surface area contributed by atoms with Gasteiger partial charge >= 0.3 is 5.97 Å². The van der Waals surface area contributed by atoms with Gasteiger partial charge in [-0.15, -0.1) is 0 Å². The van der Waals surface area contributed by atoms with Crippen LogP contribution in [0.2, 0.25) is 0 Å². The first kappa shape index (κ1) is 17.0. The molecule has 1 rings (SSSR count). The monoisotopic (exact) mass is 284 g/mol. The van der Waals surface area contributed by atoms with Crippen LogP contribution in [0.1, 0.15) is 41.0 Å². The number of rotatable bonds is 6. The minimum absolute atomic E-state index is 0.0110. The third kappa shape index (κ3) is 3.51. The number of esters is 1. The predicted molar refractivity (Wildman–Crippen MR) is 78.2 cm³/mol. The highest BCUT2D eigenvalue weighted by Gasteiger charge is 2.46. The predicted octanol–water partition coefficient (Wildman–Crippen LogP) is 1.42. The number of ether oxygens (including phenoxy) is 1. The fourth-order valence-corrected chi connectivity index (χ4v) is 2.75. The van der Waals surface area contributed by atoms with E-state index in [9.17, 15) is 9.59 Å². The van der Waals surface area contributed by atoms with E-state index in [1.807, 2.05) is 13.8 Å². The second-order valence-corrected chi connectivity index (χ2v) is 6.07. The van der Waals surface area contributed by atoms with E-state index in [4.69, 9.17) is 4.74 Å². The average Bonchev–Trinajstić information content (AvgIpc) is 2.85. The standard InChI is InChI=1S/C15H28N2O3/c1-6-20-13(18)9-17(12(4)5)14(19)15(11(2)3)7-8-16-10-15/h11-12,16H,6-10H2,1-5H3. The first-order valence-electron chi connectivity index (χ1n) is 7.52. The summed E-state index contributed by atoms with van der Waals surface area (Å²) >= 11 is 0. The molecule has 1 aliphatic rings. The van der Waals surface area contributed by atoms with Crippen LogP contribution in [0.5, 0.6) is 0 Å². The van der Waals surface area contributed by atoms with Gasteiger partial charge in [0.05, 0.1) is 12.0 Å². The first-order valence-corrected chi connectivity index (χ1v) is 7.52. The molecule has 1 fully saturated rings. The average molecular weight is 284 g/mol. The summed E-state index contributed by atoms with van der Waals surface area (Å²) in [6.07, 6.45) is 0.829. The third-order valence-corrected chi connectivity index (χ3v) is 4.21. The Kier molecular flexibility index (Phi) is 5.99. The van der Waals surface area contributed by atoms with Gasteiger partial charge in [-0.25, -0.2) is 0 Å². The molecule has 0 bridgehead atoms. The number of carbonyl (C=O) groups is 2. The third-order valence-electron chi connectivity index (χ3n) is 4.21. The summed E-state index contributed by atoms with van der Waals surface area (Å²) in [6, 6.07) is -0.0110. The van der Waals surface area contributed by atoms with E-state index in [-0.39, 0.29) is 30.4 Å². The van der Waals surface area contributed by atoms with E-state index < -0.39 is 5.41 Å². The number of hydrogen-bond donors (Lipinski definition) is 1. The zero-order valence-electron chi connectivity index (χ0n) is 13.4. The van der Waals surface area contributed by atoms with Crippen molar-refractivity contribution in [3.8, 4) is 0 Å². The van der Waals surface area contributed by atoms with Crippen molar-refractivity contribution in [3.05, 3.63) is 0 Å². The summed E-state index contributed by atoms with van der Waals surface area (Å²) in [5.74, 6) is -0.0200. The second kappa shape index (κ2) is 7.07. The Labute approximate surface area is 122 Å². The van der Waals surface area contributed by atoms with Gasteiger partial charge in [-0.3, -0.25) is 9.59 Å². The molecule has 0 aromatic rings. The fraction of sp³-hybridized carbons (Fsp3) is 0.867. The van der Waals surface area contributed by atoms with Crippen molar-refractivity contribution in [2.75, 3.05) is 26.2 Å². The number of amides is 1. The van der Waals surface area contributed by atoms with Gasteiger partial charge in [-0.2, -0.15) is 0 Å².